The molecule has 2 heterocycles. The van der Waals surface area contributed by atoms with E-state index in [0.717, 1.165) is 11.1 Å². The van der Waals surface area contributed by atoms with Crippen LogP contribution >= 0.6 is 11.6 Å². The van der Waals surface area contributed by atoms with Crippen LogP contribution in [0.3, 0.4) is 0 Å². The van der Waals surface area contributed by atoms with Crippen LogP contribution in [0.4, 0.5) is 0 Å². The van der Waals surface area contributed by atoms with E-state index in [4.69, 9.17) is 22.1 Å². The SMILES string of the molecule is COC(=O)c1c(Cl)c(-c2ccncc2)cn1CCN. The predicted molar refractivity (Wildman–Crippen MR) is 73.1 cm³/mol. The number of nitrogens with two attached hydrogens (primary N) is 1. The minimum Gasteiger partial charge on any atom is -0.464 e. The highest BCUT2D eigenvalue weighted by molar-refractivity contribution is 6.36. The Labute approximate surface area is 116 Å². The Morgan fingerprint density at radius 3 is 2.74 bits per heavy atom. The Balaban J connectivity index is 2.55. The maximum Gasteiger partial charge on any atom is 0.356 e. The highest BCUT2D eigenvalue weighted by Gasteiger charge is 2.21. The highest BCUT2D eigenvalue weighted by Crippen LogP contribution is 2.32. The molecule has 0 bridgehead atoms. The number of carbonyl (C=O) groups excluding carboxylic acids is 1. The summed E-state index contributed by atoms with van der Waals surface area (Å²) >= 11 is 6.29. The lowest BCUT2D eigenvalue weighted by molar-refractivity contribution is 0.0589. The molecule has 2 N–H and O–H groups in total. The van der Waals surface area contributed by atoms with Crippen LogP contribution in [0.25, 0.3) is 11.1 Å². The lowest BCUT2D eigenvalue weighted by Crippen LogP contribution is -2.15. The first-order valence-corrected chi connectivity index (χ1v) is 6.14. The number of hydrogen-bond acceptors (Lipinski definition) is 4. The number of esters is 1. The van der Waals surface area contributed by atoms with E-state index in [-0.39, 0.29) is 0 Å². The van der Waals surface area contributed by atoms with E-state index in [0.29, 0.717) is 23.8 Å². The number of ether oxygens (including phenoxy) is 1. The number of halogens is 1. The molecule has 100 valence electrons. The van der Waals surface area contributed by atoms with Crippen LogP contribution in [0.2, 0.25) is 5.02 Å². The first-order chi connectivity index (χ1) is 9.19. The summed E-state index contributed by atoms with van der Waals surface area (Å²) in [7, 11) is 1.32. The molecule has 19 heavy (non-hydrogen) atoms. The van der Waals surface area contributed by atoms with Crippen LogP contribution in [0.5, 0.6) is 0 Å². The zero-order valence-electron chi connectivity index (χ0n) is 10.5. The van der Waals surface area contributed by atoms with Crippen molar-refractivity contribution in [2.75, 3.05) is 13.7 Å². The standard InChI is InChI=1S/C13H14ClN3O2/c1-19-13(18)12-11(14)10(8-17(12)7-4-15)9-2-5-16-6-3-9/h2-3,5-6,8H,4,7,15H2,1H3. The highest BCUT2D eigenvalue weighted by atomic mass is 35.5. The smallest absolute Gasteiger partial charge is 0.356 e. The zero-order chi connectivity index (χ0) is 13.8. The van der Waals surface area contributed by atoms with Crippen molar-refractivity contribution < 1.29 is 9.53 Å². The second-order valence-corrected chi connectivity index (χ2v) is 4.29. The lowest BCUT2D eigenvalue weighted by Gasteiger charge is -2.05. The van der Waals surface area contributed by atoms with E-state index in [1.165, 1.54) is 7.11 Å². The Hall–Kier alpha value is -1.85. The second-order valence-electron chi connectivity index (χ2n) is 3.91. The van der Waals surface area contributed by atoms with Crippen molar-refractivity contribution >= 4 is 17.6 Å². The first kappa shape index (κ1) is 13.6. The van der Waals surface area contributed by atoms with Gasteiger partial charge in [-0.25, -0.2) is 4.79 Å². The van der Waals surface area contributed by atoms with E-state index < -0.39 is 5.97 Å². The van der Waals surface area contributed by atoms with Crippen LogP contribution < -0.4 is 5.73 Å². The Morgan fingerprint density at radius 2 is 2.16 bits per heavy atom. The molecule has 6 heteroatoms. The van der Waals surface area contributed by atoms with Gasteiger partial charge in [-0.2, -0.15) is 0 Å². The van der Waals surface area contributed by atoms with Crippen molar-refractivity contribution in [1.29, 1.82) is 0 Å². The van der Waals surface area contributed by atoms with Crippen molar-refractivity contribution in [3.05, 3.63) is 41.4 Å². The predicted octanol–water partition coefficient (Wildman–Crippen LogP) is 1.95. The molecular weight excluding hydrogens is 266 g/mol. The molecule has 5 nitrogen and oxygen atoms in total. The van der Waals surface area contributed by atoms with Crippen LogP contribution in [-0.2, 0) is 11.3 Å². The molecule has 0 aliphatic heterocycles. The van der Waals surface area contributed by atoms with E-state index in [1.807, 2.05) is 12.1 Å². The van der Waals surface area contributed by atoms with Gasteiger partial charge in [0.05, 0.1) is 12.1 Å². The van der Waals surface area contributed by atoms with Crippen LogP contribution in [0.15, 0.2) is 30.7 Å². The summed E-state index contributed by atoms with van der Waals surface area (Å²) in [5.74, 6) is -0.473. The lowest BCUT2D eigenvalue weighted by atomic mass is 10.1. The maximum atomic E-state index is 11.8. The van der Waals surface area contributed by atoms with Gasteiger partial charge in [-0.3, -0.25) is 4.98 Å². The molecule has 0 atom stereocenters. The fraction of sp³-hybridized carbons (Fsp3) is 0.231. The van der Waals surface area contributed by atoms with Crippen molar-refractivity contribution in [3.63, 3.8) is 0 Å². The molecule has 0 aliphatic carbocycles. The van der Waals surface area contributed by atoms with Gasteiger partial charge in [-0.05, 0) is 17.7 Å². The molecule has 0 fully saturated rings. The van der Waals surface area contributed by atoms with Crippen molar-refractivity contribution in [2.45, 2.75) is 6.54 Å². The average Bonchev–Trinajstić information content (AvgIpc) is 2.76. The largest absolute Gasteiger partial charge is 0.464 e. The third-order valence-corrected chi connectivity index (χ3v) is 3.14. The van der Waals surface area contributed by atoms with Crippen LogP contribution in [0, 0.1) is 0 Å². The van der Waals surface area contributed by atoms with E-state index in [2.05, 4.69) is 4.98 Å². The second kappa shape index (κ2) is 5.86. The number of nitrogens with zero attached hydrogens (tertiary/aromatic N) is 2. The molecule has 2 aromatic heterocycles. The first-order valence-electron chi connectivity index (χ1n) is 5.76. The van der Waals surface area contributed by atoms with Gasteiger partial charge in [-0.1, -0.05) is 11.6 Å². The summed E-state index contributed by atoms with van der Waals surface area (Å²) in [6.07, 6.45) is 5.14. The van der Waals surface area contributed by atoms with Gasteiger partial charge in [0, 0.05) is 37.2 Å². The third kappa shape index (κ3) is 2.62. The summed E-state index contributed by atoms with van der Waals surface area (Å²) in [6.45, 7) is 0.903. The molecule has 2 rings (SSSR count). The number of rotatable bonds is 4. The van der Waals surface area contributed by atoms with Gasteiger partial charge in [0.2, 0.25) is 0 Å². The molecular formula is C13H14ClN3O2. The van der Waals surface area contributed by atoms with Gasteiger partial charge >= 0.3 is 5.97 Å². The minimum absolute atomic E-state index is 0.321. The molecule has 0 aromatic carbocycles. The molecule has 0 saturated carbocycles. The maximum absolute atomic E-state index is 11.8. The summed E-state index contributed by atoms with van der Waals surface area (Å²) < 4.78 is 6.47. The van der Waals surface area contributed by atoms with Gasteiger partial charge < -0.3 is 15.0 Å². The molecule has 0 spiro atoms. The van der Waals surface area contributed by atoms with Crippen molar-refractivity contribution in [1.82, 2.24) is 9.55 Å². The summed E-state index contributed by atoms with van der Waals surface area (Å²) in [5.41, 5.74) is 7.52. The van der Waals surface area contributed by atoms with E-state index in [1.54, 1.807) is 23.2 Å². The topological polar surface area (TPSA) is 70.1 Å². The monoisotopic (exact) mass is 279 g/mol. The fourth-order valence-corrected chi connectivity index (χ4v) is 2.23. The molecule has 0 saturated heterocycles. The number of hydrogen-bond donors (Lipinski definition) is 1. The Kier molecular flexibility index (Phi) is 4.19. The fourth-order valence-electron chi connectivity index (χ4n) is 1.88. The van der Waals surface area contributed by atoms with Gasteiger partial charge in [0.15, 0.2) is 0 Å². The molecule has 0 unspecified atom stereocenters. The van der Waals surface area contributed by atoms with Crippen LogP contribution in [-0.4, -0.2) is 29.2 Å². The normalized spacial score (nSPS) is 10.5. The van der Waals surface area contributed by atoms with Crippen molar-refractivity contribution in [3.8, 4) is 11.1 Å². The number of carbonyl (C=O) groups is 1. The van der Waals surface area contributed by atoms with Crippen LogP contribution in [0.1, 0.15) is 10.5 Å². The van der Waals surface area contributed by atoms with Crippen molar-refractivity contribution in [2.24, 2.45) is 5.73 Å². The number of methoxy groups -OCH3 is 1. The molecule has 0 aliphatic rings. The molecule has 2 aromatic rings. The number of pyridine rings is 1. The summed E-state index contributed by atoms with van der Waals surface area (Å²) in [4.78, 5) is 15.7. The summed E-state index contributed by atoms with van der Waals surface area (Å²) in [5, 5.41) is 0.367. The van der Waals surface area contributed by atoms with Gasteiger partial charge in [-0.15, -0.1) is 0 Å². The van der Waals surface area contributed by atoms with E-state index in [9.17, 15) is 4.79 Å². The zero-order valence-corrected chi connectivity index (χ0v) is 11.2. The quantitative estimate of drug-likeness (QED) is 0.869. The molecule has 0 radical (unpaired) electrons. The number of aromatic nitrogens is 2. The minimum atomic E-state index is -0.473. The summed E-state index contributed by atoms with van der Waals surface area (Å²) in [6, 6.07) is 3.66. The van der Waals surface area contributed by atoms with Gasteiger partial charge in [0.25, 0.3) is 0 Å². The Bertz CT molecular complexity index is 581. The van der Waals surface area contributed by atoms with Gasteiger partial charge in [0.1, 0.15) is 5.69 Å². The third-order valence-electron chi connectivity index (χ3n) is 2.76. The Morgan fingerprint density at radius 1 is 1.47 bits per heavy atom. The van der Waals surface area contributed by atoms with E-state index >= 15 is 0 Å². The average molecular weight is 280 g/mol. The molecule has 0 amide bonds.